The molecule has 0 aromatic heterocycles. The SMILES string of the molecule is CC(C)[C@H](N)C(=O)O.Cl.c1ccc(C2CN3CCSC3=N2)cc1. The Balaban J connectivity index is 0.000000258. The zero-order valence-corrected chi connectivity index (χ0v) is 15.0. The third-order valence-electron chi connectivity index (χ3n) is 3.71. The van der Waals surface area contributed by atoms with Crippen molar-refractivity contribution in [2.24, 2.45) is 16.6 Å². The number of rotatable bonds is 3. The number of amidine groups is 1. The number of aliphatic carboxylic acids is 1. The quantitative estimate of drug-likeness (QED) is 0.869. The Hall–Kier alpha value is -1.24. The van der Waals surface area contributed by atoms with Gasteiger partial charge in [-0.05, 0) is 11.5 Å². The van der Waals surface area contributed by atoms with E-state index in [2.05, 4.69) is 35.2 Å². The van der Waals surface area contributed by atoms with Gasteiger partial charge in [0.05, 0.1) is 6.04 Å². The van der Waals surface area contributed by atoms with Gasteiger partial charge in [-0.2, -0.15) is 0 Å². The number of thioether (sulfide) groups is 1. The molecular formula is C16H24ClN3O2S. The lowest BCUT2D eigenvalue weighted by atomic mass is 10.1. The van der Waals surface area contributed by atoms with E-state index in [0.29, 0.717) is 6.04 Å². The molecule has 0 saturated carbocycles. The summed E-state index contributed by atoms with van der Waals surface area (Å²) in [6, 6.07) is 10.2. The van der Waals surface area contributed by atoms with Gasteiger partial charge in [0.2, 0.25) is 0 Å². The van der Waals surface area contributed by atoms with Crippen molar-refractivity contribution in [3.8, 4) is 0 Å². The molecule has 3 rings (SSSR count). The number of carboxylic acids is 1. The Morgan fingerprint density at radius 1 is 1.39 bits per heavy atom. The molecule has 0 amide bonds. The molecule has 0 bridgehead atoms. The van der Waals surface area contributed by atoms with Crippen molar-refractivity contribution in [3.05, 3.63) is 35.9 Å². The molecule has 1 aromatic rings. The highest BCUT2D eigenvalue weighted by molar-refractivity contribution is 8.14. The molecule has 0 spiro atoms. The van der Waals surface area contributed by atoms with Crippen LogP contribution < -0.4 is 5.73 Å². The first-order valence-corrected chi connectivity index (χ1v) is 8.46. The molecule has 2 heterocycles. The maximum atomic E-state index is 10.0. The molecule has 3 N–H and O–H groups in total. The fourth-order valence-corrected chi connectivity index (χ4v) is 3.29. The van der Waals surface area contributed by atoms with Gasteiger partial charge in [0.15, 0.2) is 5.17 Å². The fraction of sp³-hybridized carbons (Fsp3) is 0.500. The monoisotopic (exact) mass is 357 g/mol. The smallest absolute Gasteiger partial charge is 0.320 e. The summed E-state index contributed by atoms with van der Waals surface area (Å²) in [4.78, 5) is 17.1. The summed E-state index contributed by atoms with van der Waals surface area (Å²) in [6.07, 6.45) is 0. The molecule has 23 heavy (non-hydrogen) atoms. The van der Waals surface area contributed by atoms with Crippen LogP contribution >= 0.6 is 24.2 Å². The number of hydrogen-bond acceptors (Lipinski definition) is 5. The number of benzene rings is 1. The van der Waals surface area contributed by atoms with Crippen molar-refractivity contribution in [2.45, 2.75) is 25.9 Å². The van der Waals surface area contributed by atoms with E-state index in [0.717, 1.165) is 6.54 Å². The van der Waals surface area contributed by atoms with Crippen LogP contribution in [-0.4, -0.2) is 46.0 Å². The lowest BCUT2D eigenvalue weighted by Crippen LogP contribution is -2.34. The van der Waals surface area contributed by atoms with Crippen LogP contribution in [-0.2, 0) is 4.79 Å². The molecule has 7 heteroatoms. The van der Waals surface area contributed by atoms with E-state index < -0.39 is 12.0 Å². The standard InChI is InChI=1S/C11H12N2S.C5H11NO2.ClH/c1-2-4-9(5-3-1)10-8-13-6-7-14-11(13)12-10;1-3(2)4(6)5(7)8;/h1-5,10H,6-8H2;3-4H,6H2,1-2H3,(H,7,8);1H/t;4-;/m.0./s1. The number of hydrogen-bond donors (Lipinski definition) is 2. The minimum Gasteiger partial charge on any atom is -0.480 e. The summed E-state index contributed by atoms with van der Waals surface area (Å²) < 4.78 is 0. The molecule has 5 nitrogen and oxygen atoms in total. The molecule has 0 radical (unpaired) electrons. The van der Waals surface area contributed by atoms with Crippen LogP contribution in [0.3, 0.4) is 0 Å². The van der Waals surface area contributed by atoms with Crippen LogP contribution in [0.5, 0.6) is 0 Å². The van der Waals surface area contributed by atoms with Gasteiger partial charge in [0, 0.05) is 18.8 Å². The Morgan fingerprint density at radius 2 is 2.04 bits per heavy atom. The number of nitrogens with two attached hydrogens (primary N) is 1. The van der Waals surface area contributed by atoms with Gasteiger partial charge in [-0.25, -0.2) is 0 Å². The van der Waals surface area contributed by atoms with Crippen LogP contribution in [0, 0.1) is 5.92 Å². The molecule has 2 atom stereocenters. The third-order valence-corrected chi connectivity index (χ3v) is 4.72. The predicted molar refractivity (Wildman–Crippen MR) is 98.3 cm³/mol. The maximum absolute atomic E-state index is 10.0. The lowest BCUT2D eigenvalue weighted by Gasteiger charge is -2.12. The van der Waals surface area contributed by atoms with Crippen LogP contribution in [0.1, 0.15) is 25.5 Å². The zero-order valence-electron chi connectivity index (χ0n) is 13.4. The molecule has 1 aromatic carbocycles. The molecule has 2 aliphatic rings. The van der Waals surface area contributed by atoms with Gasteiger partial charge in [-0.1, -0.05) is 55.9 Å². The van der Waals surface area contributed by atoms with Crippen LogP contribution in [0.2, 0.25) is 0 Å². The van der Waals surface area contributed by atoms with Gasteiger partial charge >= 0.3 is 5.97 Å². The average molecular weight is 358 g/mol. The molecule has 128 valence electrons. The van der Waals surface area contributed by atoms with Crippen molar-refractivity contribution in [1.82, 2.24) is 4.90 Å². The number of aliphatic imine (C=N–C) groups is 1. The topological polar surface area (TPSA) is 78.9 Å². The number of halogens is 1. The highest BCUT2D eigenvalue weighted by atomic mass is 35.5. The Bertz CT molecular complexity index is 539. The number of fused-ring (bicyclic) bond motifs is 1. The first-order chi connectivity index (χ1) is 10.5. The summed E-state index contributed by atoms with van der Waals surface area (Å²) >= 11 is 1.89. The largest absolute Gasteiger partial charge is 0.480 e. The highest BCUT2D eigenvalue weighted by Crippen LogP contribution is 2.31. The van der Waals surface area contributed by atoms with E-state index in [1.807, 2.05) is 11.8 Å². The maximum Gasteiger partial charge on any atom is 0.320 e. The molecule has 1 fully saturated rings. The summed E-state index contributed by atoms with van der Waals surface area (Å²) in [5, 5.41) is 9.48. The summed E-state index contributed by atoms with van der Waals surface area (Å²) in [5.74, 6) is 0.299. The first-order valence-electron chi connectivity index (χ1n) is 7.48. The average Bonchev–Trinajstić information content (AvgIpc) is 3.09. The minimum atomic E-state index is -0.931. The second-order valence-electron chi connectivity index (χ2n) is 5.74. The fourth-order valence-electron chi connectivity index (χ4n) is 2.25. The second-order valence-corrected chi connectivity index (χ2v) is 6.80. The summed E-state index contributed by atoms with van der Waals surface area (Å²) in [7, 11) is 0. The third kappa shape index (κ3) is 5.41. The van der Waals surface area contributed by atoms with E-state index in [4.69, 9.17) is 15.8 Å². The second kappa shape index (κ2) is 9.15. The Kier molecular flexibility index (Phi) is 7.88. The number of carbonyl (C=O) groups is 1. The van der Waals surface area contributed by atoms with Gasteiger partial charge in [-0.3, -0.25) is 9.79 Å². The van der Waals surface area contributed by atoms with Crippen molar-refractivity contribution in [3.63, 3.8) is 0 Å². The Labute approximate surface area is 147 Å². The predicted octanol–water partition coefficient (Wildman–Crippen LogP) is 2.62. The van der Waals surface area contributed by atoms with Gasteiger partial charge < -0.3 is 15.7 Å². The molecular weight excluding hydrogens is 334 g/mol. The van der Waals surface area contributed by atoms with Crippen molar-refractivity contribution in [2.75, 3.05) is 18.8 Å². The molecule has 1 saturated heterocycles. The van der Waals surface area contributed by atoms with E-state index >= 15 is 0 Å². The lowest BCUT2D eigenvalue weighted by molar-refractivity contribution is -0.139. The Morgan fingerprint density at radius 3 is 2.52 bits per heavy atom. The molecule has 1 unspecified atom stereocenters. The normalized spacial score (nSPS) is 20.1. The first kappa shape index (κ1) is 19.8. The molecule has 0 aliphatic carbocycles. The van der Waals surface area contributed by atoms with Crippen molar-refractivity contribution >= 4 is 35.3 Å². The van der Waals surface area contributed by atoms with Gasteiger partial charge in [0.1, 0.15) is 6.04 Å². The minimum absolute atomic E-state index is 0. The van der Waals surface area contributed by atoms with Gasteiger partial charge in [0.25, 0.3) is 0 Å². The van der Waals surface area contributed by atoms with E-state index in [1.165, 1.54) is 23.0 Å². The van der Waals surface area contributed by atoms with Crippen LogP contribution in [0.25, 0.3) is 0 Å². The summed E-state index contributed by atoms with van der Waals surface area (Å²) in [6.45, 7) is 5.80. The van der Waals surface area contributed by atoms with Crippen molar-refractivity contribution in [1.29, 1.82) is 0 Å². The van der Waals surface area contributed by atoms with E-state index in [1.54, 1.807) is 13.8 Å². The zero-order chi connectivity index (χ0) is 16.1. The number of carboxylic acid groups (broad SMARTS) is 1. The number of nitrogens with zero attached hydrogens (tertiary/aromatic N) is 2. The van der Waals surface area contributed by atoms with Crippen LogP contribution in [0.15, 0.2) is 35.3 Å². The molecule has 2 aliphatic heterocycles. The van der Waals surface area contributed by atoms with Gasteiger partial charge in [-0.15, -0.1) is 12.4 Å². The van der Waals surface area contributed by atoms with Crippen molar-refractivity contribution < 1.29 is 9.90 Å². The highest BCUT2D eigenvalue weighted by Gasteiger charge is 2.29. The summed E-state index contributed by atoms with van der Waals surface area (Å²) in [5.41, 5.74) is 6.50. The van der Waals surface area contributed by atoms with E-state index in [-0.39, 0.29) is 18.3 Å². The van der Waals surface area contributed by atoms with E-state index in [9.17, 15) is 4.79 Å². The van der Waals surface area contributed by atoms with Crippen LogP contribution in [0.4, 0.5) is 0 Å².